The number of nitrogens with zero attached hydrogens (tertiary/aromatic N) is 2. The highest BCUT2D eigenvalue weighted by Gasteiger charge is 2.21. The molecule has 0 atom stereocenters. The molecule has 2 aliphatic rings. The van der Waals surface area contributed by atoms with Gasteiger partial charge in [0.25, 0.3) is 0 Å². The number of benzene rings is 2. The SMILES string of the molecule is Cn1c(C(=O)c2cn(CCCc3ccc(OCC4CCNCC4)c(OCC4CCNCC4)c3)c3ccccc23)cc2sccc21. The number of hydrogen-bond acceptors (Lipinski definition) is 6. The van der Waals surface area contributed by atoms with E-state index in [9.17, 15) is 4.79 Å². The molecule has 0 bridgehead atoms. The molecule has 2 fully saturated rings. The zero-order chi connectivity index (χ0) is 30.6. The number of carbonyl (C=O) groups is 1. The summed E-state index contributed by atoms with van der Waals surface area (Å²) in [6.45, 7) is 6.59. The monoisotopic (exact) mass is 624 g/mol. The predicted molar refractivity (Wildman–Crippen MR) is 183 cm³/mol. The predicted octanol–water partition coefficient (Wildman–Crippen LogP) is 6.82. The maximum absolute atomic E-state index is 13.8. The van der Waals surface area contributed by atoms with Crippen LogP contribution in [0.2, 0.25) is 0 Å². The number of aryl methyl sites for hydroxylation is 3. The minimum absolute atomic E-state index is 0.0754. The first-order valence-corrected chi connectivity index (χ1v) is 17.5. The molecule has 2 N–H and O–H groups in total. The van der Waals surface area contributed by atoms with Gasteiger partial charge < -0.3 is 29.2 Å². The van der Waals surface area contributed by atoms with Gasteiger partial charge in [0.2, 0.25) is 5.78 Å². The molecule has 45 heavy (non-hydrogen) atoms. The van der Waals surface area contributed by atoms with Crippen LogP contribution in [0, 0.1) is 11.8 Å². The van der Waals surface area contributed by atoms with Crippen molar-refractivity contribution in [3.8, 4) is 11.5 Å². The van der Waals surface area contributed by atoms with Crippen LogP contribution in [0.15, 0.2) is 66.2 Å². The number of ketones is 1. The molecule has 0 radical (unpaired) electrons. The van der Waals surface area contributed by atoms with Gasteiger partial charge in [0.15, 0.2) is 11.5 Å². The second-order valence-corrected chi connectivity index (χ2v) is 13.7. The Hall–Kier alpha value is -3.59. The van der Waals surface area contributed by atoms with E-state index in [4.69, 9.17) is 9.47 Å². The highest BCUT2D eigenvalue weighted by molar-refractivity contribution is 7.17. The second-order valence-electron chi connectivity index (χ2n) is 12.7. The summed E-state index contributed by atoms with van der Waals surface area (Å²) in [6.07, 6.45) is 8.56. The van der Waals surface area contributed by atoms with Crippen molar-refractivity contribution >= 4 is 38.2 Å². The maximum atomic E-state index is 13.8. The molecule has 0 aliphatic carbocycles. The molecule has 5 heterocycles. The van der Waals surface area contributed by atoms with Crippen LogP contribution < -0.4 is 20.1 Å². The van der Waals surface area contributed by atoms with E-state index in [1.54, 1.807) is 11.3 Å². The number of hydrogen-bond donors (Lipinski definition) is 2. The number of ether oxygens (including phenoxy) is 2. The van der Waals surface area contributed by atoms with Crippen LogP contribution in [-0.4, -0.2) is 54.3 Å². The topological polar surface area (TPSA) is 69.5 Å². The number of para-hydroxylation sites is 1. The van der Waals surface area contributed by atoms with Crippen LogP contribution in [-0.2, 0) is 20.0 Å². The molecule has 0 saturated carbocycles. The zero-order valence-corrected chi connectivity index (χ0v) is 27.0. The van der Waals surface area contributed by atoms with Gasteiger partial charge >= 0.3 is 0 Å². The molecule has 3 aromatic heterocycles. The second kappa shape index (κ2) is 13.8. The Morgan fingerprint density at radius 3 is 2.31 bits per heavy atom. The van der Waals surface area contributed by atoms with Crippen molar-refractivity contribution in [2.24, 2.45) is 18.9 Å². The summed E-state index contributed by atoms with van der Waals surface area (Å²) in [4.78, 5) is 13.8. The lowest BCUT2D eigenvalue weighted by atomic mass is 9.99. The third-order valence-electron chi connectivity index (χ3n) is 9.67. The fraction of sp³-hybridized carbons (Fsp3) is 0.432. The van der Waals surface area contributed by atoms with Gasteiger partial charge in [0.05, 0.1) is 29.1 Å². The third kappa shape index (κ3) is 6.69. The first-order chi connectivity index (χ1) is 22.1. The van der Waals surface area contributed by atoms with E-state index in [1.807, 2.05) is 23.7 Å². The van der Waals surface area contributed by atoms with Crippen LogP contribution >= 0.6 is 11.3 Å². The summed E-state index contributed by atoms with van der Waals surface area (Å²) in [5, 5.41) is 9.98. The van der Waals surface area contributed by atoms with E-state index in [1.165, 1.54) is 5.56 Å². The van der Waals surface area contributed by atoms with Gasteiger partial charge in [0.1, 0.15) is 0 Å². The normalized spacial score (nSPS) is 16.5. The lowest BCUT2D eigenvalue weighted by Crippen LogP contribution is -2.31. The minimum atomic E-state index is 0.0754. The molecule has 0 unspecified atom stereocenters. The lowest BCUT2D eigenvalue weighted by Gasteiger charge is -2.25. The summed E-state index contributed by atoms with van der Waals surface area (Å²) < 4.78 is 18.3. The number of piperidine rings is 2. The smallest absolute Gasteiger partial charge is 0.211 e. The number of aromatic nitrogens is 2. The number of nitrogens with one attached hydrogen (secondary N) is 2. The Kier molecular flexibility index (Phi) is 9.23. The molecule has 8 heteroatoms. The van der Waals surface area contributed by atoms with Crippen LogP contribution in [0.1, 0.15) is 53.7 Å². The fourth-order valence-electron chi connectivity index (χ4n) is 6.92. The summed E-state index contributed by atoms with van der Waals surface area (Å²) in [7, 11) is 1.98. The van der Waals surface area contributed by atoms with Gasteiger partial charge in [-0.3, -0.25) is 4.79 Å². The fourth-order valence-corrected chi connectivity index (χ4v) is 7.77. The average molecular weight is 625 g/mol. The Labute approximate surface area is 269 Å². The minimum Gasteiger partial charge on any atom is -0.489 e. The van der Waals surface area contributed by atoms with Gasteiger partial charge in [-0.15, -0.1) is 11.3 Å². The van der Waals surface area contributed by atoms with E-state index >= 15 is 0 Å². The highest BCUT2D eigenvalue weighted by Crippen LogP contribution is 2.32. The Morgan fingerprint density at radius 1 is 0.867 bits per heavy atom. The molecule has 2 saturated heterocycles. The first-order valence-electron chi connectivity index (χ1n) is 16.6. The molecule has 2 aromatic carbocycles. The molecule has 236 valence electrons. The van der Waals surface area contributed by atoms with E-state index in [-0.39, 0.29) is 5.78 Å². The largest absolute Gasteiger partial charge is 0.489 e. The zero-order valence-electron chi connectivity index (χ0n) is 26.2. The molecule has 2 aliphatic heterocycles. The van der Waals surface area contributed by atoms with Gasteiger partial charge in [-0.2, -0.15) is 0 Å². The molecule has 5 aromatic rings. The lowest BCUT2D eigenvalue weighted by molar-refractivity contribution is 0.103. The standard InChI is InChI=1S/C37H44N4O3S/c1-40-32-14-20-45-36(32)22-33(40)37(42)30-23-41(31-7-3-2-6-29(30)31)19-4-5-26-8-9-34(43-24-27-10-15-38-16-11-27)35(21-26)44-25-28-12-17-39-18-13-28/h2-3,6-9,14,20-23,27-28,38-39H,4-5,10-13,15-19,24-25H2,1H3. The summed E-state index contributed by atoms with van der Waals surface area (Å²) >= 11 is 1.67. The summed E-state index contributed by atoms with van der Waals surface area (Å²) in [6, 6.07) is 18.9. The van der Waals surface area contributed by atoms with Crippen molar-refractivity contribution in [1.29, 1.82) is 0 Å². The van der Waals surface area contributed by atoms with Crippen LogP contribution in [0.4, 0.5) is 0 Å². The van der Waals surface area contributed by atoms with Crippen molar-refractivity contribution in [2.45, 2.75) is 45.1 Å². The quantitative estimate of drug-likeness (QED) is 0.149. The van der Waals surface area contributed by atoms with Gasteiger partial charge in [-0.05, 0) is 118 Å². The van der Waals surface area contributed by atoms with Gasteiger partial charge in [-0.1, -0.05) is 24.3 Å². The first kappa shape index (κ1) is 30.1. The van der Waals surface area contributed by atoms with Crippen molar-refractivity contribution in [2.75, 3.05) is 39.4 Å². The van der Waals surface area contributed by atoms with Gasteiger partial charge in [-0.25, -0.2) is 0 Å². The number of carbonyl (C=O) groups excluding carboxylic acids is 1. The molecule has 0 spiro atoms. The summed E-state index contributed by atoms with van der Waals surface area (Å²) in [5.74, 6) is 2.99. The van der Waals surface area contributed by atoms with E-state index < -0.39 is 0 Å². The molecular weight excluding hydrogens is 580 g/mol. The number of fused-ring (bicyclic) bond motifs is 2. The van der Waals surface area contributed by atoms with Crippen LogP contribution in [0.3, 0.4) is 0 Å². The molecule has 0 amide bonds. The third-order valence-corrected chi connectivity index (χ3v) is 10.5. The molecular formula is C37H44N4O3S. The van der Waals surface area contributed by atoms with Crippen molar-refractivity contribution in [3.63, 3.8) is 0 Å². The van der Waals surface area contributed by atoms with E-state index in [0.717, 1.165) is 128 Å². The summed E-state index contributed by atoms with van der Waals surface area (Å²) in [5.41, 5.74) is 4.96. The van der Waals surface area contributed by atoms with Crippen molar-refractivity contribution in [1.82, 2.24) is 19.8 Å². The van der Waals surface area contributed by atoms with E-state index in [0.29, 0.717) is 11.8 Å². The van der Waals surface area contributed by atoms with Crippen molar-refractivity contribution < 1.29 is 14.3 Å². The molecule has 7 nitrogen and oxygen atoms in total. The number of rotatable bonds is 12. The Morgan fingerprint density at radius 2 is 1.58 bits per heavy atom. The highest BCUT2D eigenvalue weighted by atomic mass is 32.1. The number of thiophene rings is 1. The maximum Gasteiger partial charge on any atom is 0.211 e. The van der Waals surface area contributed by atoms with Crippen molar-refractivity contribution in [3.05, 3.63) is 83.0 Å². The Bertz CT molecular complexity index is 1760. The van der Waals surface area contributed by atoms with E-state index in [2.05, 4.69) is 69.2 Å². The Balaban J connectivity index is 1.05. The molecule has 7 rings (SSSR count). The van der Waals surface area contributed by atoms with Gasteiger partial charge in [0, 0.05) is 36.3 Å². The average Bonchev–Trinajstić information content (AvgIpc) is 3.79. The van der Waals surface area contributed by atoms with Crippen LogP contribution in [0.5, 0.6) is 11.5 Å². The van der Waals surface area contributed by atoms with Crippen LogP contribution in [0.25, 0.3) is 21.1 Å².